The van der Waals surface area contributed by atoms with Crippen LogP contribution >= 0.6 is 0 Å². The molecule has 0 spiro atoms. The molecule has 1 aliphatic heterocycles. The Labute approximate surface area is 211 Å². The number of primary amides is 1. The first-order valence-electron chi connectivity index (χ1n) is 12.1. The van der Waals surface area contributed by atoms with Crippen molar-refractivity contribution in [3.05, 3.63) is 76.6 Å². The fourth-order valence-corrected chi connectivity index (χ4v) is 4.54. The molecule has 0 bridgehead atoms. The van der Waals surface area contributed by atoms with Crippen LogP contribution in [-0.2, 0) is 0 Å². The number of aryl methyl sites for hydroxylation is 1. The van der Waals surface area contributed by atoms with E-state index in [-0.39, 0.29) is 11.9 Å². The molecule has 2 amide bonds. The fourth-order valence-electron chi connectivity index (χ4n) is 4.54. The normalized spacial score (nSPS) is 13.9. The van der Waals surface area contributed by atoms with Gasteiger partial charge < -0.3 is 16.0 Å². The number of nitrogens with zero attached hydrogens (tertiary/aromatic N) is 4. The van der Waals surface area contributed by atoms with Crippen LogP contribution < -0.4 is 11.1 Å². The predicted molar refractivity (Wildman–Crippen MR) is 139 cm³/mol. The van der Waals surface area contributed by atoms with Crippen LogP contribution in [0.3, 0.4) is 0 Å². The van der Waals surface area contributed by atoms with Crippen LogP contribution in [0.25, 0.3) is 11.3 Å². The molecule has 0 atom stereocenters. The summed E-state index contributed by atoms with van der Waals surface area (Å²) in [6, 6.07) is 15.1. The van der Waals surface area contributed by atoms with Crippen LogP contribution in [-0.4, -0.2) is 45.8 Å². The predicted octanol–water partition coefficient (Wildman–Crippen LogP) is 4.26. The summed E-state index contributed by atoms with van der Waals surface area (Å²) in [6.07, 6.45) is 3.32. The number of likely N-dealkylation sites (tertiary alicyclic amines) is 1. The van der Waals surface area contributed by atoms with Gasteiger partial charge in [0, 0.05) is 30.9 Å². The standard InChI is InChI=1S/C28H30N6O2/c1-17(2)32-25-9-8-22(27(30)35)26(33-25)23-14-24(31-16-18(23)3)28(36)34-12-10-21(11-13-34)20-6-4-19(15-29)5-7-20/h4-9,14,16-17,21H,10-13H2,1-3H3,(H2,30,35)(H,32,33). The number of nitriles is 1. The number of rotatable bonds is 6. The molecule has 36 heavy (non-hydrogen) atoms. The van der Waals surface area contributed by atoms with Gasteiger partial charge in [0.15, 0.2) is 0 Å². The number of amides is 2. The minimum atomic E-state index is -0.581. The van der Waals surface area contributed by atoms with Crippen molar-refractivity contribution >= 4 is 17.6 Å². The van der Waals surface area contributed by atoms with Crippen LogP contribution in [0.4, 0.5) is 5.82 Å². The van der Waals surface area contributed by atoms with Crippen LogP contribution in [0.1, 0.15) is 70.1 Å². The topological polar surface area (TPSA) is 125 Å². The van der Waals surface area contributed by atoms with E-state index in [1.807, 2.05) is 49.9 Å². The van der Waals surface area contributed by atoms with Crippen LogP contribution in [0.2, 0.25) is 0 Å². The molecule has 0 saturated carbocycles. The Bertz CT molecular complexity index is 1320. The first-order valence-corrected chi connectivity index (χ1v) is 12.1. The van der Waals surface area contributed by atoms with Gasteiger partial charge in [-0.25, -0.2) is 4.98 Å². The van der Waals surface area contributed by atoms with Crippen LogP contribution in [0.15, 0.2) is 48.7 Å². The first-order chi connectivity index (χ1) is 17.3. The third-order valence-corrected chi connectivity index (χ3v) is 6.47. The van der Waals surface area contributed by atoms with E-state index in [1.165, 1.54) is 5.56 Å². The van der Waals surface area contributed by atoms with Crippen molar-refractivity contribution in [1.82, 2.24) is 14.9 Å². The number of carbonyl (C=O) groups is 2. The summed E-state index contributed by atoms with van der Waals surface area (Å²) in [5.41, 5.74) is 9.96. The average Bonchev–Trinajstić information content (AvgIpc) is 2.88. The van der Waals surface area contributed by atoms with Crippen molar-refractivity contribution < 1.29 is 9.59 Å². The number of pyridine rings is 2. The highest BCUT2D eigenvalue weighted by Gasteiger charge is 2.26. The van der Waals surface area contributed by atoms with Gasteiger partial charge in [-0.05, 0) is 81.0 Å². The number of aromatic nitrogens is 2. The number of carbonyl (C=O) groups excluding carboxylic acids is 2. The SMILES string of the molecule is Cc1cnc(C(=O)N2CCC(c3ccc(C#N)cc3)CC2)cc1-c1nc(NC(C)C)ccc1C(N)=O. The zero-order valence-electron chi connectivity index (χ0n) is 20.8. The van der Waals surface area contributed by atoms with E-state index in [0.29, 0.717) is 52.9 Å². The quantitative estimate of drug-likeness (QED) is 0.541. The van der Waals surface area contributed by atoms with Crippen molar-refractivity contribution in [3.63, 3.8) is 0 Å². The molecule has 0 unspecified atom stereocenters. The van der Waals surface area contributed by atoms with Gasteiger partial charge in [-0.1, -0.05) is 12.1 Å². The molecular formula is C28H30N6O2. The number of hydrogen-bond acceptors (Lipinski definition) is 6. The number of nitrogens with two attached hydrogens (primary N) is 1. The minimum absolute atomic E-state index is 0.147. The Kier molecular flexibility index (Phi) is 7.30. The monoisotopic (exact) mass is 482 g/mol. The van der Waals surface area contributed by atoms with Gasteiger partial charge in [0.25, 0.3) is 11.8 Å². The molecule has 0 aliphatic carbocycles. The third kappa shape index (κ3) is 5.36. The molecule has 4 rings (SSSR count). The number of hydrogen-bond donors (Lipinski definition) is 2. The first kappa shape index (κ1) is 24.9. The van der Waals surface area contributed by atoms with E-state index in [1.54, 1.807) is 24.4 Å². The molecule has 8 heteroatoms. The van der Waals surface area contributed by atoms with Gasteiger partial charge in [0.05, 0.1) is 22.9 Å². The van der Waals surface area contributed by atoms with Crippen LogP contribution in [0, 0.1) is 18.3 Å². The van der Waals surface area contributed by atoms with Crippen molar-refractivity contribution in [2.24, 2.45) is 5.73 Å². The van der Waals surface area contributed by atoms with Crippen molar-refractivity contribution in [2.75, 3.05) is 18.4 Å². The smallest absolute Gasteiger partial charge is 0.272 e. The second-order valence-electron chi connectivity index (χ2n) is 9.44. The Morgan fingerprint density at radius 1 is 1.14 bits per heavy atom. The number of anilines is 1. The summed E-state index contributed by atoms with van der Waals surface area (Å²) in [5, 5.41) is 12.3. The average molecular weight is 483 g/mol. The third-order valence-electron chi connectivity index (χ3n) is 6.47. The largest absolute Gasteiger partial charge is 0.368 e. The molecule has 8 nitrogen and oxygen atoms in total. The molecule has 1 saturated heterocycles. The minimum Gasteiger partial charge on any atom is -0.368 e. The second kappa shape index (κ2) is 10.6. The highest BCUT2D eigenvalue weighted by atomic mass is 16.2. The highest BCUT2D eigenvalue weighted by molar-refractivity contribution is 6.00. The maximum absolute atomic E-state index is 13.4. The number of piperidine rings is 1. The molecule has 1 aliphatic rings. The maximum atomic E-state index is 13.4. The van der Waals surface area contributed by atoms with E-state index in [4.69, 9.17) is 11.0 Å². The van der Waals surface area contributed by atoms with Gasteiger partial charge in [-0.2, -0.15) is 5.26 Å². The molecule has 1 fully saturated rings. The van der Waals surface area contributed by atoms with E-state index in [2.05, 4.69) is 21.4 Å². The molecule has 1 aromatic carbocycles. The molecule has 0 radical (unpaired) electrons. The second-order valence-corrected chi connectivity index (χ2v) is 9.44. The molecular weight excluding hydrogens is 452 g/mol. The molecule has 3 heterocycles. The van der Waals surface area contributed by atoms with Crippen molar-refractivity contribution in [3.8, 4) is 17.3 Å². The Balaban J connectivity index is 1.56. The highest BCUT2D eigenvalue weighted by Crippen LogP contribution is 2.30. The lowest BCUT2D eigenvalue weighted by Crippen LogP contribution is -2.38. The summed E-state index contributed by atoms with van der Waals surface area (Å²) in [6.45, 7) is 7.11. The summed E-state index contributed by atoms with van der Waals surface area (Å²) in [7, 11) is 0. The van der Waals surface area contributed by atoms with E-state index < -0.39 is 5.91 Å². The van der Waals surface area contributed by atoms with Gasteiger partial charge >= 0.3 is 0 Å². The lowest BCUT2D eigenvalue weighted by Gasteiger charge is -2.32. The number of benzene rings is 1. The zero-order valence-corrected chi connectivity index (χ0v) is 20.8. The molecule has 2 aromatic heterocycles. The van der Waals surface area contributed by atoms with Crippen LogP contribution in [0.5, 0.6) is 0 Å². The van der Waals surface area contributed by atoms with Crippen molar-refractivity contribution in [1.29, 1.82) is 5.26 Å². The summed E-state index contributed by atoms with van der Waals surface area (Å²) < 4.78 is 0. The van der Waals surface area contributed by atoms with Gasteiger partial charge in [0.2, 0.25) is 0 Å². The Morgan fingerprint density at radius 2 is 1.83 bits per heavy atom. The van der Waals surface area contributed by atoms with E-state index in [9.17, 15) is 9.59 Å². The van der Waals surface area contributed by atoms with E-state index >= 15 is 0 Å². The summed E-state index contributed by atoms with van der Waals surface area (Å²) in [4.78, 5) is 36.4. The van der Waals surface area contributed by atoms with Gasteiger partial charge in [-0.15, -0.1) is 0 Å². The Morgan fingerprint density at radius 3 is 2.44 bits per heavy atom. The van der Waals surface area contributed by atoms with E-state index in [0.717, 1.165) is 18.4 Å². The van der Waals surface area contributed by atoms with Gasteiger partial charge in [0.1, 0.15) is 11.5 Å². The summed E-state index contributed by atoms with van der Waals surface area (Å²) in [5.74, 6) is 0.245. The lowest BCUT2D eigenvalue weighted by molar-refractivity contribution is 0.0707. The maximum Gasteiger partial charge on any atom is 0.272 e. The molecule has 3 N–H and O–H groups in total. The Hall–Kier alpha value is -4.25. The molecule has 184 valence electrons. The number of nitrogens with one attached hydrogen (secondary N) is 1. The van der Waals surface area contributed by atoms with Gasteiger partial charge in [-0.3, -0.25) is 14.6 Å². The summed E-state index contributed by atoms with van der Waals surface area (Å²) >= 11 is 0. The lowest BCUT2D eigenvalue weighted by atomic mass is 9.89. The molecule has 3 aromatic rings. The fraction of sp³-hybridized carbons (Fsp3) is 0.321. The van der Waals surface area contributed by atoms with Crippen molar-refractivity contribution in [2.45, 2.75) is 45.6 Å². The zero-order chi connectivity index (χ0) is 25.8.